The van der Waals surface area contributed by atoms with Crippen molar-refractivity contribution in [1.82, 2.24) is 14.9 Å². The molecule has 0 aliphatic heterocycles. The highest BCUT2D eigenvalue weighted by Crippen LogP contribution is 2.37. The number of aromatic nitrogens is 2. The summed E-state index contributed by atoms with van der Waals surface area (Å²) in [5.41, 5.74) is 3.00. The number of halogens is 1. The number of carbonyl (C=O) groups is 1. The number of hydrogen-bond donors (Lipinski definition) is 0. The van der Waals surface area contributed by atoms with Gasteiger partial charge in [-0.3, -0.25) is 4.79 Å². The van der Waals surface area contributed by atoms with Crippen LogP contribution in [0, 0.1) is 5.82 Å². The second-order valence-electron chi connectivity index (χ2n) is 6.19. The van der Waals surface area contributed by atoms with Crippen molar-refractivity contribution >= 4 is 50.6 Å². The van der Waals surface area contributed by atoms with Crippen LogP contribution < -0.4 is 0 Å². The summed E-state index contributed by atoms with van der Waals surface area (Å²) >= 11 is 4.55. The first-order chi connectivity index (χ1) is 13.6. The second kappa shape index (κ2) is 8.38. The van der Waals surface area contributed by atoms with Gasteiger partial charge in [0.1, 0.15) is 22.0 Å². The zero-order valence-corrected chi connectivity index (χ0v) is 17.4. The Labute approximate surface area is 174 Å². The molecule has 0 N–H and O–H groups in total. The van der Waals surface area contributed by atoms with E-state index < -0.39 is 0 Å². The first kappa shape index (κ1) is 19.0. The normalized spacial score (nSPS) is 11.1. The molecule has 4 nitrogen and oxygen atoms in total. The van der Waals surface area contributed by atoms with Crippen LogP contribution in [-0.2, 0) is 11.3 Å². The summed E-state index contributed by atoms with van der Waals surface area (Å²) in [5, 5.41) is 7.74. The highest BCUT2D eigenvalue weighted by molar-refractivity contribution is 8.00. The number of fused-ring (bicyclic) bond motifs is 1. The molecule has 4 rings (SSSR count). The Balaban J connectivity index is 1.54. The van der Waals surface area contributed by atoms with E-state index in [0.717, 1.165) is 31.9 Å². The standard InChI is InChI=1S/C20H16FN3OS3/c1-24(8-13-6-7-26-9-13)17(25)11-28-20-18-16(10-27-19(18)22-12-23-20)14-2-4-15(21)5-3-14/h2-7,9-10,12H,8,11H2,1H3. The lowest BCUT2D eigenvalue weighted by molar-refractivity contribution is -0.127. The smallest absolute Gasteiger partial charge is 0.233 e. The molecule has 0 spiro atoms. The Bertz CT molecular complexity index is 1090. The first-order valence-electron chi connectivity index (χ1n) is 8.48. The third kappa shape index (κ3) is 4.09. The number of amides is 1. The quantitative estimate of drug-likeness (QED) is 0.308. The van der Waals surface area contributed by atoms with Gasteiger partial charge < -0.3 is 4.90 Å². The Morgan fingerprint density at radius 1 is 1.18 bits per heavy atom. The fourth-order valence-corrected chi connectivity index (χ4v) is 5.38. The largest absolute Gasteiger partial charge is 0.341 e. The maximum absolute atomic E-state index is 13.3. The Hall–Kier alpha value is -2.29. The van der Waals surface area contributed by atoms with Crippen LogP contribution in [0.5, 0.6) is 0 Å². The Morgan fingerprint density at radius 3 is 2.75 bits per heavy atom. The summed E-state index contributed by atoms with van der Waals surface area (Å²) in [6.07, 6.45) is 1.52. The zero-order chi connectivity index (χ0) is 19.5. The van der Waals surface area contributed by atoms with Gasteiger partial charge in [0.05, 0.1) is 11.1 Å². The van der Waals surface area contributed by atoms with Gasteiger partial charge in [-0.1, -0.05) is 23.9 Å². The summed E-state index contributed by atoms with van der Waals surface area (Å²) in [6.45, 7) is 0.599. The highest BCUT2D eigenvalue weighted by atomic mass is 32.2. The average Bonchev–Trinajstić information content (AvgIpc) is 3.36. The number of thioether (sulfide) groups is 1. The van der Waals surface area contributed by atoms with E-state index in [1.807, 2.05) is 29.3 Å². The van der Waals surface area contributed by atoms with Crippen molar-refractivity contribution in [3.63, 3.8) is 0 Å². The van der Waals surface area contributed by atoms with Crippen molar-refractivity contribution in [3.8, 4) is 11.1 Å². The third-order valence-corrected chi connectivity index (χ3v) is 6.84. The SMILES string of the molecule is CN(Cc1ccsc1)C(=O)CSc1ncnc2scc(-c3ccc(F)cc3)c12. The predicted octanol–water partition coefficient (Wildman–Crippen LogP) is 5.31. The second-order valence-corrected chi connectivity index (χ2v) is 8.79. The first-order valence-corrected chi connectivity index (χ1v) is 11.3. The topological polar surface area (TPSA) is 46.1 Å². The van der Waals surface area contributed by atoms with Gasteiger partial charge in [-0.15, -0.1) is 11.3 Å². The van der Waals surface area contributed by atoms with E-state index in [0.29, 0.717) is 12.3 Å². The fourth-order valence-electron chi connectivity index (χ4n) is 2.78. The summed E-state index contributed by atoms with van der Waals surface area (Å²) < 4.78 is 13.3. The van der Waals surface area contributed by atoms with Gasteiger partial charge in [0.2, 0.25) is 5.91 Å². The van der Waals surface area contributed by atoms with E-state index in [-0.39, 0.29) is 11.7 Å². The Kier molecular flexibility index (Phi) is 5.70. The number of rotatable bonds is 6. The van der Waals surface area contributed by atoms with Crippen molar-refractivity contribution < 1.29 is 9.18 Å². The van der Waals surface area contributed by atoms with Gasteiger partial charge in [-0.2, -0.15) is 11.3 Å². The molecule has 8 heteroatoms. The zero-order valence-electron chi connectivity index (χ0n) is 15.0. The number of carbonyl (C=O) groups excluding carboxylic acids is 1. The molecular weight excluding hydrogens is 413 g/mol. The van der Waals surface area contributed by atoms with Gasteiger partial charge in [0.25, 0.3) is 0 Å². The molecule has 4 aromatic rings. The van der Waals surface area contributed by atoms with Crippen molar-refractivity contribution in [2.45, 2.75) is 11.6 Å². The van der Waals surface area contributed by atoms with Gasteiger partial charge in [-0.05, 0) is 40.1 Å². The molecule has 0 fully saturated rings. The molecule has 1 aromatic carbocycles. The van der Waals surface area contributed by atoms with Crippen LogP contribution in [0.15, 0.2) is 57.8 Å². The van der Waals surface area contributed by atoms with Crippen LogP contribution in [0.2, 0.25) is 0 Å². The molecule has 0 aliphatic carbocycles. The minimum Gasteiger partial charge on any atom is -0.341 e. The number of nitrogens with zero attached hydrogens (tertiary/aromatic N) is 3. The molecule has 0 bridgehead atoms. The molecular formula is C20H16FN3OS3. The molecule has 28 heavy (non-hydrogen) atoms. The molecule has 1 amide bonds. The monoisotopic (exact) mass is 429 g/mol. The van der Waals surface area contributed by atoms with Crippen molar-refractivity contribution in [2.75, 3.05) is 12.8 Å². The predicted molar refractivity (Wildman–Crippen MR) is 114 cm³/mol. The van der Waals surface area contributed by atoms with Crippen LogP contribution in [-0.4, -0.2) is 33.6 Å². The van der Waals surface area contributed by atoms with E-state index in [4.69, 9.17) is 0 Å². The van der Waals surface area contributed by atoms with Crippen molar-refractivity contribution in [3.05, 3.63) is 64.2 Å². The van der Waals surface area contributed by atoms with Crippen LogP contribution in [0.1, 0.15) is 5.56 Å². The van der Waals surface area contributed by atoms with Gasteiger partial charge >= 0.3 is 0 Å². The molecule has 0 saturated heterocycles. The molecule has 0 aliphatic rings. The van der Waals surface area contributed by atoms with Crippen LogP contribution >= 0.6 is 34.4 Å². The molecule has 3 aromatic heterocycles. The number of thiophene rings is 2. The summed E-state index contributed by atoms with van der Waals surface area (Å²) in [6, 6.07) is 8.41. The summed E-state index contributed by atoms with van der Waals surface area (Å²) in [7, 11) is 1.81. The third-order valence-electron chi connectivity index (χ3n) is 4.25. The van der Waals surface area contributed by atoms with E-state index in [1.54, 1.807) is 28.4 Å². The van der Waals surface area contributed by atoms with Crippen LogP contribution in [0.3, 0.4) is 0 Å². The maximum atomic E-state index is 13.3. The lowest BCUT2D eigenvalue weighted by atomic mass is 10.1. The summed E-state index contributed by atoms with van der Waals surface area (Å²) in [5.74, 6) is 0.0701. The minimum atomic E-state index is -0.270. The van der Waals surface area contributed by atoms with Crippen molar-refractivity contribution in [1.29, 1.82) is 0 Å². The summed E-state index contributed by atoms with van der Waals surface area (Å²) in [4.78, 5) is 23.9. The van der Waals surface area contributed by atoms with E-state index >= 15 is 0 Å². The van der Waals surface area contributed by atoms with E-state index in [1.165, 1.54) is 41.6 Å². The van der Waals surface area contributed by atoms with Crippen molar-refractivity contribution in [2.24, 2.45) is 0 Å². The number of benzene rings is 1. The van der Waals surface area contributed by atoms with E-state index in [9.17, 15) is 9.18 Å². The molecule has 0 unspecified atom stereocenters. The fraction of sp³-hybridized carbons (Fsp3) is 0.150. The molecule has 0 radical (unpaired) electrons. The molecule has 142 valence electrons. The van der Waals surface area contributed by atoms with Crippen LogP contribution in [0.4, 0.5) is 4.39 Å². The van der Waals surface area contributed by atoms with Gasteiger partial charge in [0, 0.05) is 24.5 Å². The lowest BCUT2D eigenvalue weighted by Gasteiger charge is -2.16. The minimum absolute atomic E-state index is 0.0431. The Morgan fingerprint density at radius 2 is 2.00 bits per heavy atom. The lowest BCUT2D eigenvalue weighted by Crippen LogP contribution is -2.27. The molecule has 0 atom stereocenters. The average molecular weight is 430 g/mol. The maximum Gasteiger partial charge on any atom is 0.233 e. The molecule has 3 heterocycles. The van der Waals surface area contributed by atoms with Gasteiger partial charge in [0.15, 0.2) is 0 Å². The number of hydrogen-bond acceptors (Lipinski definition) is 6. The van der Waals surface area contributed by atoms with E-state index in [2.05, 4.69) is 9.97 Å². The van der Waals surface area contributed by atoms with Gasteiger partial charge in [-0.25, -0.2) is 14.4 Å². The molecule has 0 saturated carbocycles. The highest BCUT2D eigenvalue weighted by Gasteiger charge is 2.16. The van der Waals surface area contributed by atoms with Crippen LogP contribution in [0.25, 0.3) is 21.3 Å².